The largest absolute Gasteiger partial charge is 0.379 e. The normalized spacial score (nSPS) is 10.6. The molecule has 0 aliphatic heterocycles. The first-order chi connectivity index (χ1) is 9.47. The van der Waals surface area contributed by atoms with Gasteiger partial charge in [0.25, 0.3) is 5.69 Å². The Kier molecular flexibility index (Phi) is 3.97. The predicted octanol–water partition coefficient (Wildman–Crippen LogP) is 2.43. The fourth-order valence-corrected chi connectivity index (χ4v) is 1.89. The van der Waals surface area contributed by atoms with Crippen molar-refractivity contribution in [3.05, 3.63) is 51.6 Å². The number of nitrogens with zero attached hydrogens (tertiary/aromatic N) is 3. The van der Waals surface area contributed by atoms with Crippen LogP contribution in [0.2, 0.25) is 0 Å². The molecule has 0 atom stereocenters. The third-order valence-corrected chi connectivity index (χ3v) is 2.94. The maximum atomic E-state index is 13.4. The van der Waals surface area contributed by atoms with Gasteiger partial charge in [-0.05, 0) is 24.6 Å². The van der Waals surface area contributed by atoms with Crippen LogP contribution >= 0.6 is 0 Å². The summed E-state index contributed by atoms with van der Waals surface area (Å²) in [5.74, 6) is -0.577. The van der Waals surface area contributed by atoms with Crippen molar-refractivity contribution in [2.24, 2.45) is 7.05 Å². The molecule has 0 bridgehead atoms. The lowest BCUT2D eigenvalue weighted by Crippen LogP contribution is -2.08. The first-order valence-corrected chi connectivity index (χ1v) is 6.14. The van der Waals surface area contributed by atoms with E-state index in [4.69, 9.17) is 0 Å². The molecular weight excluding hydrogens is 263 g/mol. The van der Waals surface area contributed by atoms with Crippen LogP contribution in [0.1, 0.15) is 11.3 Å². The number of benzene rings is 1. The fourth-order valence-electron chi connectivity index (χ4n) is 1.89. The molecule has 0 saturated carbocycles. The van der Waals surface area contributed by atoms with Gasteiger partial charge in [-0.3, -0.25) is 14.8 Å². The van der Waals surface area contributed by atoms with Crippen molar-refractivity contribution in [2.45, 2.75) is 13.3 Å². The highest BCUT2D eigenvalue weighted by molar-refractivity contribution is 5.63. The van der Waals surface area contributed by atoms with Gasteiger partial charge >= 0.3 is 0 Å². The third kappa shape index (κ3) is 3.11. The van der Waals surface area contributed by atoms with Gasteiger partial charge in [0.15, 0.2) is 0 Å². The molecule has 0 aliphatic carbocycles. The molecular formula is C13H15FN4O2. The Hall–Kier alpha value is -2.44. The van der Waals surface area contributed by atoms with Crippen LogP contribution in [0, 0.1) is 22.9 Å². The number of anilines is 1. The van der Waals surface area contributed by atoms with Crippen molar-refractivity contribution in [1.29, 1.82) is 0 Å². The zero-order valence-electron chi connectivity index (χ0n) is 11.3. The molecule has 2 rings (SSSR count). The van der Waals surface area contributed by atoms with Crippen LogP contribution in [-0.2, 0) is 13.5 Å². The van der Waals surface area contributed by atoms with Gasteiger partial charge in [0.2, 0.25) is 0 Å². The molecule has 0 unspecified atom stereocenters. The lowest BCUT2D eigenvalue weighted by molar-refractivity contribution is -0.384. The monoisotopic (exact) mass is 278 g/mol. The van der Waals surface area contributed by atoms with Crippen molar-refractivity contribution >= 4 is 11.4 Å². The molecule has 7 heteroatoms. The van der Waals surface area contributed by atoms with Crippen LogP contribution in [-0.4, -0.2) is 21.2 Å². The van der Waals surface area contributed by atoms with Crippen LogP contribution in [0.3, 0.4) is 0 Å². The average molecular weight is 278 g/mol. The maximum Gasteiger partial charge on any atom is 0.295 e. The van der Waals surface area contributed by atoms with Crippen LogP contribution in [0.5, 0.6) is 0 Å². The number of hydrogen-bond acceptors (Lipinski definition) is 4. The van der Waals surface area contributed by atoms with Gasteiger partial charge in [-0.2, -0.15) is 5.10 Å². The highest BCUT2D eigenvalue weighted by atomic mass is 19.1. The molecule has 0 radical (unpaired) electrons. The lowest BCUT2D eigenvalue weighted by atomic mass is 10.1. The number of hydrogen-bond donors (Lipinski definition) is 1. The second kappa shape index (κ2) is 5.68. The minimum atomic E-state index is -0.592. The van der Waals surface area contributed by atoms with E-state index in [1.54, 1.807) is 11.6 Å². The number of aryl methyl sites for hydroxylation is 2. The molecule has 1 heterocycles. The van der Waals surface area contributed by atoms with E-state index in [0.29, 0.717) is 24.2 Å². The number of aromatic nitrogens is 2. The SMILES string of the molecule is Cc1cc(NCCc2ccn(C)n2)c([N+](=O)[O-])cc1F. The molecule has 0 spiro atoms. The standard InChI is InChI=1S/C13H15FN4O2/c1-9-7-12(13(18(19)20)8-11(9)14)15-5-3-10-4-6-17(2)16-10/h4,6-8,15H,3,5H2,1-2H3. The van der Waals surface area contributed by atoms with Crippen molar-refractivity contribution in [3.8, 4) is 0 Å². The molecule has 0 fully saturated rings. The molecule has 0 amide bonds. The van der Waals surface area contributed by atoms with E-state index in [2.05, 4.69) is 10.4 Å². The topological polar surface area (TPSA) is 73.0 Å². The Morgan fingerprint density at radius 2 is 2.25 bits per heavy atom. The van der Waals surface area contributed by atoms with Gasteiger partial charge in [0.1, 0.15) is 11.5 Å². The van der Waals surface area contributed by atoms with Crippen LogP contribution < -0.4 is 5.32 Å². The Bertz CT molecular complexity index is 639. The number of halogens is 1. The van der Waals surface area contributed by atoms with E-state index in [0.717, 1.165) is 11.8 Å². The van der Waals surface area contributed by atoms with Gasteiger partial charge in [0, 0.05) is 26.2 Å². The summed E-state index contributed by atoms with van der Waals surface area (Å²) in [6, 6.07) is 4.27. The Labute approximate surface area is 115 Å². The summed E-state index contributed by atoms with van der Waals surface area (Å²) >= 11 is 0. The Morgan fingerprint density at radius 3 is 2.85 bits per heavy atom. The van der Waals surface area contributed by atoms with Crippen molar-refractivity contribution in [2.75, 3.05) is 11.9 Å². The number of nitro benzene ring substituents is 1. The van der Waals surface area contributed by atoms with Gasteiger partial charge < -0.3 is 5.32 Å². The van der Waals surface area contributed by atoms with E-state index < -0.39 is 10.7 Å². The molecule has 6 nitrogen and oxygen atoms in total. The summed E-state index contributed by atoms with van der Waals surface area (Å²) in [6.07, 6.45) is 2.47. The van der Waals surface area contributed by atoms with Crippen molar-refractivity contribution in [1.82, 2.24) is 9.78 Å². The van der Waals surface area contributed by atoms with E-state index in [9.17, 15) is 14.5 Å². The first-order valence-electron chi connectivity index (χ1n) is 6.14. The zero-order valence-corrected chi connectivity index (χ0v) is 11.3. The summed E-state index contributed by atoms with van der Waals surface area (Å²) < 4.78 is 15.1. The van der Waals surface area contributed by atoms with Crippen LogP contribution in [0.4, 0.5) is 15.8 Å². The summed E-state index contributed by atoms with van der Waals surface area (Å²) in [7, 11) is 1.82. The number of rotatable bonds is 5. The maximum absolute atomic E-state index is 13.4. The molecule has 20 heavy (non-hydrogen) atoms. The second-order valence-corrected chi connectivity index (χ2v) is 4.53. The molecule has 106 valence electrons. The summed E-state index contributed by atoms with van der Waals surface area (Å²) in [4.78, 5) is 10.3. The highest BCUT2D eigenvalue weighted by Crippen LogP contribution is 2.27. The van der Waals surface area contributed by atoms with Gasteiger partial charge in [-0.25, -0.2) is 4.39 Å². The van der Waals surface area contributed by atoms with Gasteiger partial charge in [-0.1, -0.05) is 0 Å². The van der Waals surface area contributed by atoms with E-state index in [-0.39, 0.29) is 5.69 Å². The molecule has 1 N–H and O–H groups in total. The second-order valence-electron chi connectivity index (χ2n) is 4.53. The smallest absolute Gasteiger partial charge is 0.295 e. The lowest BCUT2D eigenvalue weighted by Gasteiger charge is -2.08. The average Bonchev–Trinajstić information content (AvgIpc) is 2.79. The predicted molar refractivity (Wildman–Crippen MR) is 73.2 cm³/mol. The van der Waals surface area contributed by atoms with Crippen molar-refractivity contribution in [3.63, 3.8) is 0 Å². The van der Waals surface area contributed by atoms with E-state index in [1.807, 2.05) is 19.3 Å². The van der Waals surface area contributed by atoms with Crippen LogP contribution in [0.25, 0.3) is 0 Å². The molecule has 2 aromatic rings. The zero-order chi connectivity index (χ0) is 14.7. The van der Waals surface area contributed by atoms with Crippen LogP contribution in [0.15, 0.2) is 24.4 Å². The molecule has 0 saturated heterocycles. The minimum Gasteiger partial charge on any atom is -0.379 e. The van der Waals surface area contributed by atoms with Crippen molar-refractivity contribution < 1.29 is 9.31 Å². The van der Waals surface area contributed by atoms with E-state index >= 15 is 0 Å². The summed E-state index contributed by atoms with van der Waals surface area (Å²) in [6.45, 7) is 2.06. The van der Waals surface area contributed by atoms with E-state index in [1.165, 1.54) is 6.07 Å². The number of nitro groups is 1. The number of nitrogens with one attached hydrogen (secondary N) is 1. The Morgan fingerprint density at radius 1 is 1.50 bits per heavy atom. The molecule has 1 aromatic heterocycles. The third-order valence-electron chi connectivity index (χ3n) is 2.94. The minimum absolute atomic E-state index is 0.255. The van der Waals surface area contributed by atoms with Gasteiger partial charge in [0.05, 0.1) is 16.7 Å². The summed E-state index contributed by atoms with van der Waals surface area (Å²) in [5, 5.41) is 18.1. The van der Waals surface area contributed by atoms with Gasteiger partial charge in [-0.15, -0.1) is 0 Å². The quantitative estimate of drug-likeness (QED) is 0.673. The molecule has 1 aromatic carbocycles. The summed E-state index contributed by atoms with van der Waals surface area (Å²) in [5.41, 5.74) is 1.33. The first kappa shape index (κ1) is 14.0. The molecule has 0 aliphatic rings. The fraction of sp³-hybridized carbons (Fsp3) is 0.308. The highest BCUT2D eigenvalue weighted by Gasteiger charge is 2.16. The Balaban J connectivity index is 2.08.